The number of carbonyl (C=O) groups is 3. The molecule has 0 saturated heterocycles. The second kappa shape index (κ2) is 33.5. The van der Waals surface area contributed by atoms with Gasteiger partial charge in [-0.25, -0.2) is 18.2 Å². The van der Waals surface area contributed by atoms with E-state index in [1.54, 1.807) is 71.5 Å². The van der Waals surface area contributed by atoms with Crippen molar-refractivity contribution in [2.24, 2.45) is 4.99 Å². The first kappa shape index (κ1) is 75.3. The van der Waals surface area contributed by atoms with E-state index in [4.69, 9.17) is 29.4 Å². The molecule has 0 saturated carbocycles. The number of aliphatic imine (C=N–C) groups is 1. The summed E-state index contributed by atoms with van der Waals surface area (Å²) in [5.41, 5.74) is 12.4. The molecule has 8 aromatic carbocycles. The van der Waals surface area contributed by atoms with E-state index in [1.165, 1.54) is 46.6 Å². The van der Waals surface area contributed by atoms with Crippen molar-refractivity contribution in [1.82, 2.24) is 0 Å². The fourth-order valence-electron chi connectivity index (χ4n) is 11.2. The predicted octanol–water partition coefficient (Wildman–Crippen LogP) is 13.4. The Bertz CT molecular complexity index is 4970. The standard InChI is InChI=1S/C30H33N2O2.C27H28N2O6S3.C20H18ClN3O4S/c1-6-32(7-2)24-19-17-22(27(21-24)34-29(33)23-13-9-8-10-14-23)18-20-28-30(3,4)25-15-11-12-16-26(25)31(28)5;1-19-5-11-23(12-6-19)34-37(30)35-25-18-22(28(3)4)10-8-21(25)9-14-27-29(15-16-38(31,32)33)24-17-20(2)7-13-26(24)36-27;1-12(25)28-17-9-14(23(2)3)5-6-15(17)22-10-19-24(11-20(26)27)16-8-13(21)4-7-18(16)29-19/h8-21H,6-7H2,1-5H3;5-14,17-18H,15-16H2,1-4H3;4-10H,11H2,1-3H3/q+1;;. The maximum atomic E-state index is 12.9. The highest BCUT2D eigenvalue weighted by Gasteiger charge is 2.42. The van der Waals surface area contributed by atoms with E-state index < -0.39 is 39.2 Å². The average molecular weight is 1460 g/mol. The molecule has 2 aromatic heterocycles. The lowest BCUT2D eigenvalue weighted by Gasteiger charge is -2.22. The second-order valence-electron chi connectivity index (χ2n) is 24.4. The number of fused-ring (bicyclic) bond motifs is 3. The van der Waals surface area contributed by atoms with Gasteiger partial charge in [0.1, 0.15) is 55.9 Å². The van der Waals surface area contributed by atoms with Crippen molar-refractivity contribution in [3.63, 3.8) is 0 Å². The third-order valence-electron chi connectivity index (χ3n) is 16.4. The smallest absolute Gasteiger partial charge is 0.417 e. The van der Waals surface area contributed by atoms with Crippen LogP contribution >= 0.6 is 34.3 Å². The Morgan fingerprint density at radius 2 is 1.24 bits per heavy atom. The zero-order valence-electron chi connectivity index (χ0n) is 58.1. The molecule has 10 aromatic rings. The molecule has 1 aliphatic rings. The number of ether oxygens (including phenoxy) is 2. The van der Waals surface area contributed by atoms with Gasteiger partial charge in [-0.2, -0.15) is 17.9 Å². The van der Waals surface area contributed by atoms with Crippen molar-refractivity contribution in [2.45, 2.75) is 67.0 Å². The van der Waals surface area contributed by atoms with Gasteiger partial charge in [0, 0.05) is 136 Å². The number of carboxylic acids is 1. The van der Waals surface area contributed by atoms with Gasteiger partial charge in [0.15, 0.2) is 30.3 Å². The first-order chi connectivity index (χ1) is 48.1. The highest BCUT2D eigenvalue weighted by atomic mass is 35.5. The van der Waals surface area contributed by atoms with Crippen LogP contribution in [0.3, 0.4) is 0 Å². The molecule has 0 bridgehead atoms. The Labute approximate surface area is 605 Å². The number of esters is 2. The monoisotopic (exact) mass is 1460 g/mol. The van der Waals surface area contributed by atoms with Crippen molar-refractivity contribution in [3.8, 4) is 23.0 Å². The van der Waals surface area contributed by atoms with Gasteiger partial charge in [0.25, 0.3) is 10.0 Å². The zero-order valence-corrected chi connectivity index (χ0v) is 62.2. The van der Waals surface area contributed by atoms with Gasteiger partial charge < -0.3 is 47.0 Å². The van der Waals surface area contributed by atoms with Crippen LogP contribution in [0.4, 0.5) is 28.4 Å². The number of para-hydroxylation sites is 1. The molecule has 19 nitrogen and oxygen atoms in total. The average Bonchev–Trinajstić information content (AvgIpc) is 1.70. The molecule has 0 amide bonds. The predicted molar refractivity (Wildman–Crippen MR) is 404 cm³/mol. The molecule has 0 aliphatic carbocycles. The Kier molecular flexibility index (Phi) is 25.0. The highest BCUT2D eigenvalue weighted by molar-refractivity contribution is 7.85. The van der Waals surface area contributed by atoms with Gasteiger partial charge in [-0.3, -0.25) is 4.79 Å². The Balaban J connectivity index is 0.000000178. The Morgan fingerprint density at radius 3 is 1.88 bits per heavy atom. The normalized spacial score (nSPS) is 12.8. The minimum Gasteiger partial charge on any atom is -0.748 e. The van der Waals surface area contributed by atoms with E-state index in [0.717, 1.165) is 66.8 Å². The second-order valence-corrected chi connectivity index (χ2v) is 29.3. The van der Waals surface area contributed by atoms with Gasteiger partial charge in [-0.15, -0.1) is 0 Å². The number of hydrogen-bond acceptors (Lipinski definition) is 18. The number of hydrogen-bond donors (Lipinski definition) is 0. The maximum absolute atomic E-state index is 12.9. The minimum absolute atomic E-state index is 0.0340. The van der Waals surface area contributed by atoms with Crippen LogP contribution in [-0.2, 0) is 49.6 Å². The van der Waals surface area contributed by atoms with Crippen LogP contribution < -0.4 is 46.8 Å². The number of benzene rings is 8. The van der Waals surface area contributed by atoms with E-state index >= 15 is 0 Å². The summed E-state index contributed by atoms with van der Waals surface area (Å²) in [4.78, 5) is 46.0. The number of halogens is 1. The maximum Gasteiger partial charge on any atom is 0.417 e. The first-order valence-electron chi connectivity index (χ1n) is 32.2. The zero-order chi connectivity index (χ0) is 72.9. The fourth-order valence-corrected chi connectivity index (χ4v) is 14.4. The fraction of sp³-hybridized carbons (Fsp3) is 0.234. The number of anilines is 3. The number of thiazole rings is 2. The van der Waals surface area contributed by atoms with Crippen LogP contribution in [0.25, 0.3) is 38.7 Å². The van der Waals surface area contributed by atoms with Gasteiger partial charge in [0.05, 0.1) is 16.7 Å². The van der Waals surface area contributed by atoms with E-state index in [-0.39, 0.29) is 24.5 Å². The van der Waals surface area contributed by atoms with E-state index in [2.05, 4.69) is 91.7 Å². The molecule has 0 fully saturated rings. The van der Waals surface area contributed by atoms with Crippen molar-refractivity contribution >= 4 is 153 Å². The lowest BCUT2D eigenvalue weighted by Crippen LogP contribution is -2.45. The number of aryl methyl sites for hydroxylation is 3. The number of aliphatic carboxylic acids is 1. The van der Waals surface area contributed by atoms with Gasteiger partial charge in [-0.1, -0.05) is 94.4 Å². The number of rotatable bonds is 23. The highest BCUT2D eigenvalue weighted by Crippen LogP contribution is 2.40. The topological polar surface area (TPSA) is 218 Å². The molecule has 0 spiro atoms. The number of carbonyl (C=O) groups excluding carboxylic acids is 3. The largest absolute Gasteiger partial charge is 0.748 e. The summed E-state index contributed by atoms with van der Waals surface area (Å²) in [7, 11) is 5.25. The van der Waals surface area contributed by atoms with Crippen LogP contribution in [0.5, 0.6) is 23.0 Å². The Hall–Kier alpha value is -9.88. The van der Waals surface area contributed by atoms with Crippen molar-refractivity contribution in [2.75, 3.05) is 68.8 Å². The number of nitrogens with zero attached hydrogens (tertiary/aromatic N) is 7. The van der Waals surface area contributed by atoms with Gasteiger partial charge in [0.2, 0.25) is 16.7 Å². The number of aromatic nitrogens is 2. The molecule has 1 aliphatic heterocycles. The van der Waals surface area contributed by atoms with Crippen LogP contribution in [0.2, 0.25) is 5.02 Å². The summed E-state index contributed by atoms with van der Waals surface area (Å²) in [6.07, 6.45) is 9.38. The van der Waals surface area contributed by atoms with Crippen LogP contribution in [0, 0.1) is 13.8 Å². The van der Waals surface area contributed by atoms with E-state index in [0.29, 0.717) is 55.4 Å². The summed E-state index contributed by atoms with van der Waals surface area (Å²) in [5, 5.41) is 13.1. The van der Waals surface area contributed by atoms with Crippen molar-refractivity contribution in [1.29, 1.82) is 0 Å². The number of carboxylic acid groups (broad SMARTS) is 1. The first-order valence-corrected chi connectivity index (χ1v) is 36.8. The molecular formula is C77H79ClN7O12S4+. The third kappa shape index (κ3) is 19.6. The molecule has 0 radical (unpaired) electrons. The SMILES string of the molecule is CC(=O)Oc1cc(N(C)C)ccc1N=Cc1sc2ccc(Cl)cc2[n+]1CC(=O)[O-].CCN(CC)c1ccc(/C=C/C2=[N+](C)c3ccccc3C2(C)C)c(OC(=O)c2ccccc2)c1.Cc1ccc(OS(=O)Oc2cc(N(C)C)ccc2/C=C/c2sc3ccc(C)cc3[n+]2CCS(=O)(=O)[O-])cc1. The lowest BCUT2D eigenvalue weighted by molar-refractivity contribution is -0.664. The summed E-state index contributed by atoms with van der Waals surface area (Å²) in [6.45, 7) is 15.4. The summed E-state index contributed by atoms with van der Waals surface area (Å²) in [5.74, 6) is -0.902. The number of allylic oxidation sites excluding steroid dienone is 1. The van der Waals surface area contributed by atoms with Crippen LogP contribution in [0.15, 0.2) is 181 Å². The molecule has 3 heterocycles. The van der Waals surface area contributed by atoms with Gasteiger partial charge in [-0.05, 0) is 138 Å². The quantitative estimate of drug-likeness (QED) is 0.0191. The molecule has 1 unspecified atom stereocenters. The van der Waals surface area contributed by atoms with Crippen LogP contribution in [-0.4, -0.2) is 106 Å². The minimum atomic E-state index is -4.39. The molecule has 1 atom stereocenters. The molecule has 11 rings (SSSR count). The van der Waals surface area contributed by atoms with Crippen LogP contribution in [0.1, 0.15) is 82.8 Å². The van der Waals surface area contributed by atoms with E-state index in [1.807, 2.05) is 147 Å². The van der Waals surface area contributed by atoms with Crippen molar-refractivity contribution in [3.05, 3.63) is 224 Å². The van der Waals surface area contributed by atoms with Crippen molar-refractivity contribution < 1.29 is 68.2 Å². The third-order valence-corrected chi connectivity index (χ3v) is 20.2. The Morgan fingerprint density at radius 1 is 0.653 bits per heavy atom. The summed E-state index contributed by atoms with van der Waals surface area (Å²) in [6, 6.07) is 52.9. The summed E-state index contributed by atoms with van der Waals surface area (Å²) >= 11 is 6.81. The molecule has 24 heteroatoms. The molecule has 101 heavy (non-hydrogen) atoms. The summed E-state index contributed by atoms with van der Waals surface area (Å²) < 4.78 is 76.6. The van der Waals surface area contributed by atoms with Gasteiger partial charge >= 0.3 is 23.3 Å². The lowest BCUT2D eigenvalue weighted by atomic mass is 9.81. The molecule has 524 valence electrons. The molecule has 0 N–H and O–H groups in total. The molecular weight excluding hydrogens is 1380 g/mol. The van der Waals surface area contributed by atoms with E-state index in [9.17, 15) is 36.7 Å².